The number of hydrogen-bond donors (Lipinski definition) is 1. The van der Waals surface area contributed by atoms with Crippen molar-refractivity contribution in [2.24, 2.45) is 5.92 Å². The molecule has 2 aromatic carbocycles. The summed E-state index contributed by atoms with van der Waals surface area (Å²) in [5, 5.41) is 10.8. The lowest BCUT2D eigenvalue weighted by atomic mass is 9.72. The zero-order valence-corrected chi connectivity index (χ0v) is 14.8. The number of aliphatic hydroxyl groups is 1. The first-order valence-corrected chi connectivity index (χ1v) is 8.37. The van der Waals surface area contributed by atoms with Crippen LogP contribution in [0.5, 0.6) is 0 Å². The van der Waals surface area contributed by atoms with Gasteiger partial charge in [0.05, 0.1) is 5.60 Å². The molecule has 1 atom stereocenters. The van der Waals surface area contributed by atoms with Gasteiger partial charge in [-0.3, -0.25) is 0 Å². The first kappa shape index (κ1) is 16.0. The van der Waals surface area contributed by atoms with E-state index in [0.717, 1.165) is 6.42 Å². The highest BCUT2D eigenvalue weighted by Gasteiger charge is 2.34. The van der Waals surface area contributed by atoms with Crippen LogP contribution in [0.4, 0.5) is 0 Å². The van der Waals surface area contributed by atoms with E-state index >= 15 is 0 Å². The number of aryl methyl sites for hydroxylation is 3. The molecule has 0 heterocycles. The highest BCUT2D eigenvalue weighted by atomic mass is 16.3. The third-order valence-electron chi connectivity index (χ3n) is 5.17. The summed E-state index contributed by atoms with van der Waals surface area (Å²) in [5.74, 6) is 0.109. The Labute approximate surface area is 139 Å². The molecule has 1 nitrogen and oxygen atoms in total. The molecule has 0 bridgehead atoms. The van der Waals surface area contributed by atoms with Gasteiger partial charge in [0.25, 0.3) is 0 Å². The van der Waals surface area contributed by atoms with Gasteiger partial charge in [-0.2, -0.15) is 0 Å². The van der Waals surface area contributed by atoms with E-state index in [4.69, 9.17) is 0 Å². The van der Waals surface area contributed by atoms with Crippen LogP contribution >= 0.6 is 0 Å². The van der Waals surface area contributed by atoms with E-state index in [-0.39, 0.29) is 5.92 Å². The summed E-state index contributed by atoms with van der Waals surface area (Å²) < 4.78 is 0. The summed E-state index contributed by atoms with van der Waals surface area (Å²) in [6.07, 6.45) is 3.16. The fourth-order valence-electron chi connectivity index (χ4n) is 3.63. The molecule has 0 saturated carbocycles. The molecule has 0 saturated heterocycles. The summed E-state index contributed by atoms with van der Waals surface area (Å²) >= 11 is 0. The quantitative estimate of drug-likeness (QED) is 0.819. The van der Waals surface area contributed by atoms with E-state index in [0.29, 0.717) is 0 Å². The molecule has 1 aliphatic carbocycles. The standard InChI is InChI=1S/C22H26O/c1-14-10-16(3)19(11-15(14)2)20-12-17-8-6-7-9-18(17)13-21(20)22(4,5)23/h6-12,21,23H,13H2,1-5H3. The summed E-state index contributed by atoms with van der Waals surface area (Å²) in [4.78, 5) is 0. The van der Waals surface area contributed by atoms with Gasteiger partial charge in [0.1, 0.15) is 0 Å². The molecule has 1 unspecified atom stereocenters. The minimum absolute atomic E-state index is 0.109. The van der Waals surface area contributed by atoms with Crippen LogP contribution in [0.15, 0.2) is 36.4 Å². The Morgan fingerprint density at radius 3 is 2.30 bits per heavy atom. The molecular formula is C22H26O. The third kappa shape index (κ3) is 2.98. The van der Waals surface area contributed by atoms with Crippen LogP contribution in [0, 0.1) is 26.7 Å². The second kappa shape index (κ2) is 5.65. The molecule has 0 aromatic heterocycles. The van der Waals surface area contributed by atoms with Crippen molar-refractivity contribution in [3.8, 4) is 0 Å². The van der Waals surface area contributed by atoms with E-state index in [2.05, 4.69) is 63.2 Å². The summed E-state index contributed by atoms with van der Waals surface area (Å²) in [7, 11) is 0. The SMILES string of the molecule is Cc1cc(C)c(C2=Cc3ccccc3CC2C(C)(C)O)cc1C. The molecule has 0 aliphatic heterocycles. The van der Waals surface area contributed by atoms with E-state index in [9.17, 15) is 5.11 Å². The highest BCUT2D eigenvalue weighted by Crippen LogP contribution is 2.41. The normalized spacial score (nSPS) is 17.7. The van der Waals surface area contributed by atoms with Crippen LogP contribution in [0.3, 0.4) is 0 Å². The molecule has 2 aromatic rings. The molecule has 1 heteroatoms. The van der Waals surface area contributed by atoms with E-state index in [1.165, 1.54) is 39.0 Å². The fraction of sp³-hybridized carbons (Fsp3) is 0.364. The predicted octanol–water partition coefficient (Wildman–Crippen LogP) is 5.10. The Morgan fingerprint density at radius 2 is 1.61 bits per heavy atom. The molecule has 120 valence electrons. The van der Waals surface area contributed by atoms with Crippen molar-refractivity contribution < 1.29 is 5.11 Å². The first-order chi connectivity index (χ1) is 10.8. The third-order valence-corrected chi connectivity index (χ3v) is 5.17. The van der Waals surface area contributed by atoms with Gasteiger partial charge < -0.3 is 5.11 Å². The van der Waals surface area contributed by atoms with Gasteiger partial charge in [0.2, 0.25) is 0 Å². The molecule has 3 rings (SSSR count). The van der Waals surface area contributed by atoms with E-state index in [1.54, 1.807) is 0 Å². The molecule has 0 fully saturated rings. The number of benzene rings is 2. The van der Waals surface area contributed by atoms with Gasteiger partial charge in [-0.1, -0.05) is 42.5 Å². The minimum atomic E-state index is -0.745. The molecule has 1 N–H and O–H groups in total. The summed E-state index contributed by atoms with van der Waals surface area (Å²) in [5.41, 5.74) is 8.30. The fourth-order valence-corrected chi connectivity index (χ4v) is 3.63. The minimum Gasteiger partial charge on any atom is -0.390 e. The summed E-state index contributed by atoms with van der Waals surface area (Å²) in [6.45, 7) is 10.3. The smallest absolute Gasteiger partial charge is 0.0663 e. The van der Waals surface area contributed by atoms with E-state index in [1.807, 2.05) is 13.8 Å². The Kier molecular flexibility index (Phi) is 3.93. The lowest BCUT2D eigenvalue weighted by Crippen LogP contribution is -2.35. The Bertz CT molecular complexity index is 775. The van der Waals surface area contributed by atoms with Crippen molar-refractivity contribution >= 4 is 11.6 Å². The average Bonchev–Trinajstić information content (AvgIpc) is 2.49. The summed E-state index contributed by atoms with van der Waals surface area (Å²) in [6, 6.07) is 13.1. The van der Waals surface area contributed by atoms with Crippen molar-refractivity contribution in [1.82, 2.24) is 0 Å². The van der Waals surface area contributed by atoms with Crippen LogP contribution in [0.1, 0.15) is 47.2 Å². The van der Waals surface area contributed by atoms with Crippen LogP contribution in [0.25, 0.3) is 11.6 Å². The monoisotopic (exact) mass is 306 g/mol. The topological polar surface area (TPSA) is 20.2 Å². The van der Waals surface area contributed by atoms with Gasteiger partial charge in [0.15, 0.2) is 0 Å². The van der Waals surface area contributed by atoms with Crippen molar-refractivity contribution in [3.63, 3.8) is 0 Å². The van der Waals surface area contributed by atoms with Crippen molar-refractivity contribution in [2.45, 2.75) is 46.6 Å². The second-order valence-electron chi connectivity index (χ2n) is 7.46. The van der Waals surface area contributed by atoms with Gasteiger partial charge in [-0.15, -0.1) is 0 Å². The number of rotatable bonds is 2. The second-order valence-corrected chi connectivity index (χ2v) is 7.46. The van der Waals surface area contributed by atoms with Crippen molar-refractivity contribution in [2.75, 3.05) is 0 Å². The zero-order valence-electron chi connectivity index (χ0n) is 14.8. The molecule has 23 heavy (non-hydrogen) atoms. The molecule has 0 spiro atoms. The van der Waals surface area contributed by atoms with Crippen LogP contribution in [-0.2, 0) is 6.42 Å². The van der Waals surface area contributed by atoms with Crippen LogP contribution < -0.4 is 0 Å². The maximum Gasteiger partial charge on any atom is 0.0663 e. The largest absolute Gasteiger partial charge is 0.390 e. The lowest BCUT2D eigenvalue weighted by Gasteiger charge is -2.36. The van der Waals surface area contributed by atoms with Gasteiger partial charge in [-0.05, 0) is 80.0 Å². The number of fused-ring (bicyclic) bond motifs is 1. The van der Waals surface area contributed by atoms with Gasteiger partial charge in [0, 0.05) is 5.92 Å². The molecular weight excluding hydrogens is 280 g/mol. The number of hydrogen-bond acceptors (Lipinski definition) is 1. The lowest BCUT2D eigenvalue weighted by molar-refractivity contribution is 0.0409. The van der Waals surface area contributed by atoms with Gasteiger partial charge in [-0.25, -0.2) is 0 Å². The average molecular weight is 306 g/mol. The van der Waals surface area contributed by atoms with Crippen LogP contribution in [0.2, 0.25) is 0 Å². The van der Waals surface area contributed by atoms with E-state index < -0.39 is 5.60 Å². The molecule has 0 amide bonds. The Balaban J connectivity index is 2.21. The molecule has 0 radical (unpaired) electrons. The van der Waals surface area contributed by atoms with Gasteiger partial charge >= 0.3 is 0 Å². The van der Waals surface area contributed by atoms with Crippen molar-refractivity contribution in [3.05, 3.63) is 69.8 Å². The zero-order chi connectivity index (χ0) is 16.8. The molecule has 1 aliphatic rings. The first-order valence-electron chi connectivity index (χ1n) is 8.37. The van der Waals surface area contributed by atoms with Crippen LogP contribution in [-0.4, -0.2) is 10.7 Å². The van der Waals surface area contributed by atoms with Crippen molar-refractivity contribution in [1.29, 1.82) is 0 Å². The highest BCUT2D eigenvalue weighted by molar-refractivity contribution is 5.87. The maximum absolute atomic E-state index is 10.8. The maximum atomic E-state index is 10.8. The Hall–Kier alpha value is -1.86. The predicted molar refractivity (Wildman–Crippen MR) is 98.5 cm³/mol. The Morgan fingerprint density at radius 1 is 0.957 bits per heavy atom.